The van der Waals surface area contributed by atoms with Gasteiger partial charge in [-0.2, -0.15) is 0 Å². The Hall–Kier alpha value is -2.10. The van der Waals surface area contributed by atoms with Gasteiger partial charge in [-0.3, -0.25) is 4.79 Å². The van der Waals surface area contributed by atoms with Crippen molar-refractivity contribution in [2.24, 2.45) is 0 Å². The molecule has 21 heavy (non-hydrogen) atoms. The number of aldehydes is 1. The monoisotopic (exact) mass is 289 g/mol. The number of alkyl carbamates (subject to hydrolysis) is 1. The standard InChI is InChI=1S/C17H23NO3/c1-13-8-9-15(12-19)14(11-13)7-5-6-10-18-16(20)21-17(2,3)4/h5,7-9,11-12H,6,10H2,1-4H3,(H,18,20). The topological polar surface area (TPSA) is 55.4 Å². The highest BCUT2D eigenvalue weighted by Gasteiger charge is 2.15. The van der Waals surface area contributed by atoms with Gasteiger partial charge < -0.3 is 10.1 Å². The van der Waals surface area contributed by atoms with E-state index in [0.717, 1.165) is 17.4 Å². The number of rotatable bonds is 5. The van der Waals surface area contributed by atoms with Crippen molar-refractivity contribution in [1.29, 1.82) is 0 Å². The van der Waals surface area contributed by atoms with Gasteiger partial charge in [0.25, 0.3) is 0 Å². The number of ether oxygens (including phenoxy) is 1. The average molecular weight is 289 g/mol. The first kappa shape index (κ1) is 17.0. The minimum absolute atomic E-state index is 0.417. The van der Waals surface area contributed by atoms with Crippen LogP contribution in [0.15, 0.2) is 24.3 Å². The molecule has 1 aromatic carbocycles. The second-order valence-electron chi connectivity index (χ2n) is 5.87. The Kier molecular flexibility index (Phi) is 6.15. The van der Waals surface area contributed by atoms with E-state index in [1.54, 1.807) is 6.07 Å². The van der Waals surface area contributed by atoms with E-state index >= 15 is 0 Å². The van der Waals surface area contributed by atoms with E-state index in [4.69, 9.17) is 4.74 Å². The van der Waals surface area contributed by atoms with Crippen molar-refractivity contribution in [3.8, 4) is 0 Å². The number of hydrogen-bond donors (Lipinski definition) is 1. The number of carbonyl (C=O) groups excluding carboxylic acids is 2. The molecule has 0 atom stereocenters. The van der Waals surface area contributed by atoms with Gasteiger partial charge in [-0.05, 0) is 39.7 Å². The molecule has 0 fully saturated rings. The maximum atomic E-state index is 11.4. The Balaban J connectivity index is 2.44. The average Bonchev–Trinajstić information content (AvgIpc) is 2.36. The van der Waals surface area contributed by atoms with Crippen LogP contribution in [0.4, 0.5) is 4.79 Å². The lowest BCUT2D eigenvalue weighted by Crippen LogP contribution is -2.32. The summed E-state index contributed by atoms with van der Waals surface area (Å²) in [6.45, 7) is 7.95. The van der Waals surface area contributed by atoms with Crippen LogP contribution < -0.4 is 5.32 Å². The molecular weight excluding hydrogens is 266 g/mol. The molecule has 1 aromatic rings. The molecule has 4 nitrogen and oxygen atoms in total. The third kappa shape index (κ3) is 6.75. The van der Waals surface area contributed by atoms with Gasteiger partial charge in [-0.1, -0.05) is 35.9 Å². The zero-order valence-corrected chi connectivity index (χ0v) is 13.1. The van der Waals surface area contributed by atoms with Crippen LogP contribution in [-0.4, -0.2) is 24.5 Å². The highest BCUT2D eigenvalue weighted by molar-refractivity contribution is 5.82. The first-order chi connectivity index (χ1) is 9.81. The Bertz CT molecular complexity index is 527. The summed E-state index contributed by atoms with van der Waals surface area (Å²) >= 11 is 0. The summed E-state index contributed by atoms with van der Waals surface area (Å²) in [6.07, 6.45) is 4.93. The van der Waals surface area contributed by atoms with Gasteiger partial charge >= 0.3 is 6.09 Å². The third-order valence-corrected chi connectivity index (χ3v) is 2.65. The molecule has 0 aliphatic heterocycles. The van der Waals surface area contributed by atoms with Crippen molar-refractivity contribution < 1.29 is 14.3 Å². The Morgan fingerprint density at radius 3 is 2.62 bits per heavy atom. The molecule has 0 spiro atoms. The lowest BCUT2D eigenvalue weighted by molar-refractivity contribution is 0.0528. The van der Waals surface area contributed by atoms with Crippen LogP contribution >= 0.6 is 0 Å². The van der Waals surface area contributed by atoms with E-state index in [0.29, 0.717) is 18.5 Å². The molecule has 1 rings (SSSR count). The summed E-state index contributed by atoms with van der Waals surface area (Å²) in [4.78, 5) is 22.4. The van der Waals surface area contributed by atoms with Crippen molar-refractivity contribution in [1.82, 2.24) is 5.32 Å². The van der Waals surface area contributed by atoms with Crippen molar-refractivity contribution in [2.75, 3.05) is 6.54 Å². The molecule has 0 unspecified atom stereocenters. The van der Waals surface area contributed by atoms with E-state index in [1.807, 2.05) is 52.0 Å². The van der Waals surface area contributed by atoms with E-state index in [-0.39, 0.29) is 0 Å². The molecule has 1 N–H and O–H groups in total. The summed E-state index contributed by atoms with van der Waals surface area (Å²) < 4.78 is 5.13. The third-order valence-electron chi connectivity index (χ3n) is 2.65. The minimum atomic E-state index is -0.486. The molecule has 114 valence electrons. The van der Waals surface area contributed by atoms with E-state index in [1.165, 1.54) is 0 Å². The van der Waals surface area contributed by atoms with Crippen LogP contribution in [0.25, 0.3) is 6.08 Å². The number of nitrogens with one attached hydrogen (secondary N) is 1. The number of hydrogen-bond acceptors (Lipinski definition) is 3. The fraction of sp³-hybridized carbons (Fsp3) is 0.412. The van der Waals surface area contributed by atoms with Gasteiger partial charge in [0.15, 0.2) is 6.29 Å². The van der Waals surface area contributed by atoms with E-state index < -0.39 is 11.7 Å². The van der Waals surface area contributed by atoms with Crippen LogP contribution in [-0.2, 0) is 4.74 Å². The molecule has 0 aliphatic carbocycles. The second-order valence-corrected chi connectivity index (χ2v) is 5.87. The van der Waals surface area contributed by atoms with Gasteiger partial charge in [0, 0.05) is 12.1 Å². The van der Waals surface area contributed by atoms with Crippen LogP contribution in [0.1, 0.15) is 48.7 Å². The highest BCUT2D eigenvalue weighted by Crippen LogP contribution is 2.12. The molecule has 4 heteroatoms. The highest BCUT2D eigenvalue weighted by atomic mass is 16.6. The summed E-state index contributed by atoms with van der Waals surface area (Å²) in [5.74, 6) is 0. The SMILES string of the molecule is Cc1ccc(C=O)c(C=CCCNC(=O)OC(C)(C)C)c1. The molecule has 0 bridgehead atoms. The number of carbonyl (C=O) groups is 2. The maximum Gasteiger partial charge on any atom is 0.407 e. The van der Waals surface area contributed by atoms with E-state index in [9.17, 15) is 9.59 Å². The number of amides is 1. The van der Waals surface area contributed by atoms with Gasteiger partial charge in [0.1, 0.15) is 5.60 Å². The van der Waals surface area contributed by atoms with Crippen molar-refractivity contribution in [3.05, 3.63) is 41.0 Å². The van der Waals surface area contributed by atoms with Gasteiger partial charge in [0.2, 0.25) is 0 Å². The fourth-order valence-corrected chi connectivity index (χ4v) is 1.73. The van der Waals surface area contributed by atoms with Gasteiger partial charge in [-0.25, -0.2) is 4.79 Å². The van der Waals surface area contributed by atoms with Crippen LogP contribution in [0.2, 0.25) is 0 Å². The molecule has 0 aliphatic rings. The van der Waals surface area contributed by atoms with E-state index in [2.05, 4.69) is 5.32 Å². The normalized spacial score (nSPS) is 11.4. The van der Waals surface area contributed by atoms with Crippen molar-refractivity contribution in [3.63, 3.8) is 0 Å². The largest absolute Gasteiger partial charge is 0.444 e. The molecule has 0 heterocycles. The Morgan fingerprint density at radius 2 is 2.00 bits per heavy atom. The first-order valence-corrected chi connectivity index (χ1v) is 7.01. The van der Waals surface area contributed by atoms with Gasteiger partial charge in [0.05, 0.1) is 0 Å². The molecule has 0 aromatic heterocycles. The zero-order chi connectivity index (χ0) is 15.9. The summed E-state index contributed by atoms with van der Waals surface area (Å²) in [7, 11) is 0. The smallest absolute Gasteiger partial charge is 0.407 e. The summed E-state index contributed by atoms with van der Waals surface area (Å²) in [5, 5.41) is 2.68. The van der Waals surface area contributed by atoms with Crippen LogP contribution in [0.5, 0.6) is 0 Å². The lowest BCUT2D eigenvalue weighted by Gasteiger charge is -2.19. The summed E-state index contributed by atoms with van der Waals surface area (Å²) in [5.41, 5.74) is 2.17. The minimum Gasteiger partial charge on any atom is -0.444 e. The predicted octanol–water partition coefficient (Wildman–Crippen LogP) is 3.74. The van der Waals surface area contributed by atoms with Crippen molar-refractivity contribution >= 4 is 18.5 Å². The Labute approximate surface area is 126 Å². The van der Waals surface area contributed by atoms with Crippen molar-refractivity contribution in [2.45, 2.75) is 39.7 Å². The quantitative estimate of drug-likeness (QED) is 0.663. The molecule has 0 saturated heterocycles. The second kappa shape index (κ2) is 7.62. The maximum absolute atomic E-state index is 11.4. The number of aryl methyl sites for hydroxylation is 1. The van der Waals surface area contributed by atoms with Gasteiger partial charge in [-0.15, -0.1) is 0 Å². The predicted molar refractivity (Wildman–Crippen MR) is 84.5 cm³/mol. The molecule has 1 amide bonds. The zero-order valence-electron chi connectivity index (χ0n) is 13.1. The number of benzene rings is 1. The Morgan fingerprint density at radius 1 is 1.29 bits per heavy atom. The van der Waals surface area contributed by atoms with Crippen LogP contribution in [0.3, 0.4) is 0 Å². The summed E-state index contributed by atoms with van der Waals surface area (Å²) in [6, 6.07) is 5.67. The molecule has 0 saturated carbocycles. The fourth-order valence-electron chi connectivity index (χ4n) is 1.73. The first-order valence-electron chi connectivity index (χ1n) is 7.01. The van der Waals surface area contributed by atoms with Crippen LogP contribution in [0, 0.1) is 6.92 Å². The molecular formula is C17H23NO3. The molecule has 0 radical (unpaired) electrons. The lowest BCUT2D eigenvalue weighted by atomic mass is 10.0.